The Labute approximate surface area is 201 Å². The molecule has 184 valence electrons. The van der Waals surface area contributed by atoms with E-state index in [0.29, 0.717) is 12.2 Å². The molecule has 2 aromatic rings. The van der Waals surface area contributed by atoms with E-state index >= 15 is 0 Å². The minimum absolute atomic E-state index is 0.0831. The summed E-state index contributed by atoms with van der Waals surface area (Å²) in [6.45, 7) is 11.7. The van der Waals surface area contributed by atoms with E-state index in [1.807, 2.05) is 45.0 Å². The van der Waals surface area contributed by atoms with Crippen LogP contribution in [0.25, 0.3) is 0 Å². The number of nitrogens with one attached hydrogen (secondary N) is 3. The average molecular weight is 470 g/mol. The number of rotatable bonds is 9. The summed E-state index contributed by atoms with van der Waals surface area (Å²) in [7, 11) is 0. The van der Waals surface area contributed by atoms with Crippen LogP contribution in [0, 0.1) is 20.8 Å². The predicted octanol–water partition coefficient (Wildman–Crippen LogP) is 4.16. The Kier molecular flexibility index (Phi) is 9.47. The zero-order valence-electron chi connectivity index (χ0n) is 20.8. The third-order valence-corrected chi connectivity index (χ3v) is 4.97. The van der Waals surface area contributed by atoms with Gasteiger partial charge in [-0.05, 0) is 75.9 Å². The summed E-state index contributed by atoms with van der Waals surface area (Å²) in [4.78, 5) is 35.8. The molecule has 3 N–H and O–H groups in total. The molecule has 0 fully saturated rings. The molecule has 0 atom stereocenters. The van der Waals surface area contributed by atoms with Gasteiger partial charge in [0.05, 0.1) is 0 Å². The van der Waals surface area contributed by atoms with Gasteiger partial charge >= 0.3 is 6.09 Å². The fraction of sp³-hybridized carbons (Fsp3) is 0.423. The number of anilines is 1. The van der Waals surface area contributed by atoms with Crippen LogP contribution < -0.4 is 20.7 Å². The summed E-state index contributed by atoms with van der Waals surface area (Å²) in [5.41, 5.74) is 4.08. The van der Waals surface area contributed by atoms with E-state index < -0.39 is 11.7 Å². The maximum absolute atomic E-state index is 12.3. The van der Waals surface area contributed by atoms with Gasteiger partial charge in [-0.25, -0.2) is 4.79 Å². The van der Waals surface area contributed by atoms with Gasteiger partial charge < -0.3 is 25.4 Å². The van der Waals surface area contributed by atoms with E-state index in [0.717, 1.165) is 28.0 Å². The normalized spacial score (nSPS) is 10.9. The molecule has 0 aromatic heterocycles. The monoisotopic (exact) mass is 469 g/mol. The molecule has 8 heteroatoms. The van der Waals surface area contributed by atoms with Crippen LogP contribution in [-0.4, -0.2) is 36.7 Å². The minimum Gasteiger partial charge on any atom is -0.483 e. The first-order valence-electron chi connectivity index (χ1n) is 11.3. The Morgan fingerprint density at radius 1 is 0.853 bits per heavy atom. The highest BCUT2D eigenvalue weighted by molar-refractivity contribution is 5.91. The third-order valence-electron chi connectivity index (χ3n) is 4.97. The number of amides is 3. The van der Waals surface area contributed by atoms with Crippen molar-refractivity contribution >= 4 is 23.6 Å². The van der Waals surface area contributed by atoms with E-state index in [-0.39, 0.29) is 31.4 Å². The molecule has 0 saturated carbocycles. The van der Waals surface area contributed by atoms with Crippen molar-refractivity contribution in [1.29, 1.82) is 0 Å². The van der Waals surface area contributed by atoms with Gasteiger partial charge in [0.25, 0.3) is 5.91 Å². The van der Waals surface area contributed by atoms with Gasteiger partial charge in [-0.3, -0.25) is 9.59 Å². The molecule has 0 radical (unpaired) electrons. The lowest BCUT2D eigenvalue weighted by atomic mass is 10.1. The van der Waals surface area contributed by atoms with Crippen LogP contribution in [0.15, 0.2) is 36.4 Å². The molecule has 0 saturated heterocycles. The molecular formula is C26H35N3O5. The summed E-state index contributed by atoms with van der Waals surface area (Å²) in [5, 5.41) is 8.16. The number of aryl methyl sites for hydroxylation is 2. The largest absolute Gasteiger partial charge is 0.483 e. The van der Waals surface area contributed by atoms with Crippen LogP contribution >= 0.6 is 0 Å². The molecule has 0 unspecified atom stereocenters. The molecule has 2 aromatic carbocycles. The molecule has 0 bridgehead atoms. The highest BCUT2D eigenvalue weighted by atomic mass is 16.6. The summed E-state index contributed by atoms with van der Waals surface area (Å²) >= 11 is 0. The predicted molar refractivity (Wildman–Crippen MR) is 132 cm³/mol. The van der Waals surface area contributed by atoms with Crippen molar-refractivity contribution in [3.05, 3.63) is 58.7 Å². The summed E-state index contributed by atoms with van der Waals surface area (Å²) in [5.74, 6) is 0.300. The Bertz CT molecular complexity index is 1010. The molecule has 0 heterocycles. The minimum atomic E-state index is -0.579. The van der Waals surface area contributed by atoms with E-state index in [2.05, 4.69) is 16.0 Å². The van der Waals surface area contributed by atoms with Gasteiger partial charge in [0.15, 0.2) is 6.61 Å². The van der Waals surface area contributed by atoms with Crippen molar-refractivity contribution in [2.24, 2.45) is 0 Å². The molecular weight excluding hydrogens is 434 g/mol. The van der Waals surface area contributed by atoms with Crippen molar-refractivity contribution in [1.82, 2.24) is 10.6 Å². The molecule has 0 aliphatic carbocycles. The van der Waals surface area contributed by atoms with Crippen LogP contribution in [0.1, 0.15) is 49.4 Å². The number of ether oxygens (including phenoxy) is 2. The molecule has 0 aliphatic heterocycles. The third kappa shape index (κ3) is 9.13. The van der Waals surface area contributed by atoms with Gasteiger partial charge in [-0.1, -0.05) is 24.3 Å². The number of carbonyl (C=O) groups is 3. The van der Waals surface area contributed by atoms with Crippen LogP contribution in [0.4, 0.5) is 10.5 Å². The van der Waals surface area contributed by atoms with Gasteiger partial charge in [0.2, 0.25) is 5.91 Å². The van der Waals surface area contributed by atoms with Crippen molar-refractivity contribution in [3.8, 4) is 5.75 Å². The molecule has 0 spiro atoms. The Balaban J connectivity index is 1.72. The standard InChI is InChI=1S/C26H35N3O5/c1-17-7-8-18(2)24(19(17)3)33-16-23(31)29-21-11-9-20(10-12-21)15-28-22(30)13-14-27-25(32)34-26(4,5)6/h7-12H,13-16H2,1-6H3,(H,27,32)(H,28,30)(H,29,31). The number of carbonyl (C=O) groups excluding carboxylic acids is 3. The SMILES string of the molecule is Cc1ccc(C)c(OCC(=O)Nc2ccc(CNC(=O)CCNC(=O)OC(C)(C)C)cc2)c1C. The maximum Gasteiger partial charge on any atom is 0.407 e. The lowest BCUT2D eigenvalue weighted by molar-refractivity contribution is -0.121. The average Bonchev–Trinajstić information content (AvgIpc) is 2.74. The maximum atomic E-state index is 12.3. The zero-order chi connectivity index (χ0) is 25.3. The Hall–Kier alpha value is -3.55. The first-order chi connectivity index (χ1) is 15.9. The lowest BCUT2D eigenvalue weighted by Crippen LogP contribution is -2.35. The van der Waals surface area contributed by atoms with Crippen LogP contribution in [-0.2, 0) is 20.9 Å². The highest BCUT2D eigenvalue weighted by Gasteiger charge is 2.16. The zero-order valence-corrected chi connectivity index (χ0v) is 20.8. The number of hydrogen-bond donors (Lipinski definition) is 3. The smallest absolute Gasteiger partial charge is 0.407 e. The second-order valence-electron chi connectivity index (χ2n) is 9.14. The second-order valence-corrected chi connectivity index (χ2v) is 9.14. The van der Waals surface area contributed by atoms with Crippen LogP contribution in [0.5, 0.6) is 5.75 Å². The van der Waals surface area contributed by atoms with E-state index in [9.17, 15) is 14.4 Å². The van der Waals surface area contributed by atoms with Gasteiger partial charge in [-0.2, -0.15) is 0 Å². The summed E-state index contributed by atoms with van der Waals surface area (Å²) in [6, 6.07) is 11.2. The fourth-order valence-electron chi connectivity index (χ4n) is 3.07. The van der Waals surface area contributed by atoms with Crippen LogP contribution in [0.2, 0.25) is 0 Å². The topological polar surface area (TPSA) is 106 Å². The van der Waals surface area contributed by atoms with Crippen LogP contribution in [0.3, 0.4) is 0 Å². The first-order valence-corrected chi connectivity index (χ1v) is 11.3. The van der Waals surface area contributed by atoms with E-state index in [4.69, 9.17) is 9.47 Å². The number of hydrogen-bond acceptors (Lipinski definition) is 5. The van der Waals surface area contributed by atoms with Crippen molar-refractivity contribution in [2.75, 3.05) is 18.5 Å². The van der Waals surface area contributed by atoms with Gasteiger partial charge in [0.1, 0.15) is 11.4 Å². The van der Waals surface area contributed by atoms with E-state index in [1.165, 1.54) is 0 Å². The molecule has 34 heavy (non-hydrogen) atoms. The van der Waals surface area contributed by atoms with E-state index in [1.54, 1.807) is 32.9 Å². The molecule has 3 amide bonds. The summed E-state index contributed by atoms with van der Waals surface area (Å²) < 4.78 is 10.9. The number of benzene rings is 2. The summed E-state index contributed by atoms with van der Waals surface area (Å²) in [6.07, 6.45) is -0.403. The molecule has 2 rings (SSSR count). The van der Waals surface area contributed by atoms with Crippen molar-refractivity contribution in [3.63, 3.8) is 0 Å². The van der Waals surface area contributed by atoms with Gasteiger partial charge in [0, 0.05) is 25.2 Å². The van der Waals surface area contributed by atoms with Crippen molar-refractivity contribution in [2.45, 2.75) is 60.1 Å². The van der Waals surface area contributed by atoms with Gasteiger partial charge in [-0.15, -0.1) is 0 Å². The molecule has 8 nitrogen and oxygen atoms in total. The quantitative estimate of drug-likeness (QED) is 0.511. The highest BCUT2D eigenvalue weighted by Crippen LogP contribution is 2.25. The fourth-order valence-corrected chi connectivity index (χ4v) is 3.07. The Morgan fingerprint density at radius 3 is 2.15 bits per heavy atom. The van der Waals surface area contributed by atoms with Crippen molar-refractivity contribution < 1.29 is 23.9 Å². The molecule has 0 aliphatic rings. The Morgan fingerprint density at radius 2 is 1.50 bits per heavy atom. The number of alkyl carbamates (subject to hydrolysis) is 1. The lowest BCUT2D eigenvalue weighted by Gasteiger charge is -2.19. The first kappa shape index (κ1) is 26.7. The second kappa shape index (κ2) is 12.1.